The van der Waals surface area contributed by atoms with Crippen molar-refractivity contribution in [2.45, 2.75) is 51.4 Å². The Kier molecular flexibility index (Phi) is 3.72. The van der Waals surface area contributed by atoms with E-state index in [1.54, 1.807) is 0 Å². The molecule has 0 saturated heterocycles. The third-order valence-electron chi connectivity index (χ3n) is 5.12. The van der Waals surface area contributed by atoms with Crippen molar-refractivity contribution in [3.05, 3.63) is 52.8 Å². The molecule has 0 amide bonds. The van der Waals surface area contributed by atoms with E-state index in [0.717, 1.165) is 26.1 Å². The summed E-state index contributed by atoms with van der Waals surface area (Å²) in [5.41, 5.74) is 5.67. The van der Waals surface area contributed by atoms with Crippen LogP contribution in [0.3, 0.4) is 0 Å². The van der Waals surface area contributed by atoms with Gasteiger partial charge in [0.15, 0.2) is 0 Å². The highest BCUT2D eigenvalue weighted by Crippen LogP contribution is 2.25. The lowest BCUT2D eigenvalue weighted by Crippen LogP contribution is -2.36. The first-order valence-electron chi connectivity index (χ1n) is 8.30. The van der Waals surface area contributed by atoms with Gasteiger partial charge in [0.2, 0.25) is 0 Å². The van der Waals surface area contributed by atoms with Gasteiger partial charge < -0.3 is 5.11 Å². The summed E-state index contributed by atoms with van der Waals surface area (Å²) in [7, 11) is 0. The van der Waals surface area contributed by atoms with Crippen LogP contribution in [-0.2, 0) is 32.5 Å². The van der Waals surface area contributed by atoms with Crippen LogP contribution in [0.5, 0.6) is 0 Å². The molecule has 0 saturated carbocycles. The Hall–Kier alpha value is -1.65. The first-order chi connectivity index (χ1) is 10.8. The molecule has 1 unspecified atom stereocenters. The molecule has 0 spiro atoms. The molecule has 116 valence electrons. The first kappa shape index (κ1) is 14.0. The average Bonchev–Trinajstić information content (AvgIpc) is 3.13. The van der Waals surface area contributed by atoms with Crippen LogP contribution in [0, 0.1) is 0 Å². The Labute approximate surface area is 131 Å². The van der Waals surface area contributed by atoms with Gasteiger partial charge in [-0.3, -0.25) is 9.58 Å². The highest BCUT2D eigenvalue weighted by atomic mass is 16.3. The van der Waals surface area contributed by atoms with Crippen LogP contribution in [-0.4, -0.2) is 32.4 Å². The van der Waals surface area contributed by atoms with Gasteiger partial charge in [-0.05, 0) is 48.4 Å². The van der Waals surface area contributed by atoms with Crippen molar-refractivity contribution >= 4 is 0 Å². The number of rotatable bonds is 3. The fourth-order valence-electron chi connectivity index (χ4n) is 3.84. The molecule has 1 aromatic carbocycles. The molecule has 4 nitrogen and oxygen atoms in total. The standard InChI is InChI=1S/C18H23N3O/c22-13-18-7-9-21-17(6-8-19-21)12-20(18)11-14-4-5-15-2-1-3-16(15)10-14/h4-6,8,10,18,22H,1-3,7,9,11-13H2. The fourth-order valence-corrected chi connectivity index (χ4v) is 3.84. The van der Waals surface area contributed by atoms with Gasteiger partial charge in [0.25, 0.3) is 0 Å². The summed E-state index contributed by atoms with van der Waals surface area (Å²) in [6, 6.07) is 9.25. The van der Waals surface area contributed by atoms with Crippen LogP contribution < -0.4 is 0 Å². The second kappa shape index (κ2) is 5.86. The predicted octanol–water partition coefficient (Wildman–Crippen LogP) is 2.14. The van der Waals surface area contributed by atoms with Gasteiger partial charge in [-0.25, -0.2) is 0 Å². The molecule has 1 atom stereocenters. The van der Waals surface area contributed by atoms with E-state index in [2.05, 4.69) is 38.9 Å². The Bertz CT molecular complexity index is 664. The number of aromatic nitrogens is 2. The van der Waals surface area contributed by atoms with Crippen molar-refractivity contribution in [1.29, 1.82) is 0 Å². The summed E-state index contributed by atoms with van der Waals surface area (Å²) in [5.74, 6) is 0. The summed E-state index contributed by atoms with van der Waals surface area (Å²) >= 11 is 0. The van der Waals surface area contributed by atoms with Gasteiger partial charge >= 0.3 is 0 Å². The maximum Gasteiger partial charge on any atom is 0.0587 e. The van der Waals surface area contributed by atoms with Crippen LogP contribution in [0.15, 0.2) is 30.5 Å². The molecule has 2 aromatic rings. The Morgan fingerprint density at radius 1 is 1.18 bits per heavy atom. The fraction of sp³-hybridized carbons (Fsp3) is 0.500. The molecule has 1 aromatic heterocycles. The Morgan fingerprint density at radius 3 is 3.00 bits per heavy atom. The van der Waals surface area contributed by atoms with Crippen molar-refractivity contribution in [3.8, 4) is 0 Å². The number of aliphatic hydroxyl groups excluding tert-OH is 1. The van der Waals surface area contributed by atoms with E-state index in [1.165, 1.54) is 41.6 Å². The second-order valence-electron chi connectivity index (χ2n) is 6.53. The summed E-state index contributed by atoms with van der Waals surface area (Å²) in [4.78, 5) is 2.40. The maximum atomic E-state index is 9.76. The minimum Gasteiger partial charge on any atom is -0.395 e. The lowest BCUT2D eigenvalue weighted by molar-refractivity contribution is 0.108. The summed E-state index contributed by atoms with van der Waals surface area (Å²) < 4.78 is 2.07. The van der Waals surface area contributed by atoms with E-state index in [4.69, 9.17) is 0 Å². The maximum absolute atomic E-state index is 9.76. The van der Waals surface area contributed by atoms with Crippen molar-refractivity contribution in [1.82, 2.24) is 14.7 Å². The molecular formula is C18H23N3O. The van der Waals surface area contributed by atoms with E-state index in [1.807, 2.05) is 6.20 Å². The summed E-state index contributed by atoms with van der Waals surface area (Å²) in [5, 5.41) is 14.1. The zero-order chi connectivity index (χ0) is 14.9. The molecule has 4 rings (SSSR count). The molecule has 2 heterocycles. The van der Waals surface area contributed by atoms with E-state index >= 15 is 0 Å². The van der Waals surface area contributed by atoms with Crippen molar-refractivity contribution < 1.29 is 5.11 Å². The number of nitrogens with zero attached hydrogens (tertiary/aromatic N) is 3. The number of aryl methyl sites for hydroxylation is 3. The minimum atomic E-state index is 0.218. The number of hydrogen-bond acceptors (Lipinski definition) is 3. The topological polar surface area (TPSA) is 41.3 Å². The zero-order valence-corrected chi connectivity index (χ0v) is 12.9. The molecule has 0 bridgehead atoms. The normalized spacial score (nSPS) is 21.4. The van der Waals surface area contributed by atoms with Crippen molar-refractivity contribution in [2.24, 2.45) is 0 Å². The lowest BCUT2D eigenvalue weighted by Gasteiger charge is -2.28. The summed E-state index contributed by atoms with van der Waals surface area (Å²) in [6.45, 7) is 2.88. The SMILES string of the molecule is OCC1CCn2nccc2CN1Cc1ccc2c(c1)CCC2. The Morgan fingerprint density at radius 2 is 2.09 bits per heavy atom. The van der Waals surface area contributed by atoms with Crippen LogP contribution in [0.4, 0.5) is 0 Å². The molecule has 1 aliphatic heterocycles. The van der Waals surface area contributed by atoms with Crippen LogP contribution in [0.25, 0.3) is 0 Å². The van der Waals surface area contributed by atoms with Gasteiger partial charge in [0, 0.05) is 31.9 Å². The first-order valence-corrected chi connectivity index (χ1v) is 8.30. The number of hydrogen-bond donors (Lipinski definition) is 1. The van der Waals surface area contributed by atoms with Crippen molar-refractivity contribution in [2.75, 3.05) is 6.61 Å². The quantitative estimate of drug-likeness (QED) is 0.943. The molecule has 22 heavy (non-hydrogen) atoms. The predicted molar refractivity (Wildman–Crippen MR) is 85.4 cm³/mol. The highest BCUT2D eigenvalue weighted by molar-refractivity contribution is 5.35. The molecule has 4 heteroatoms. The van der Waals surface area contributed by atoms with E-state index in [0.29, 0.717) is 0 Å². The molecule has 1 aliphatic carbocycles. The number of benzene rings is 1. The smallest absolute Gasteiger partial charge is 0.0587 e. The van der Waals surface area contributed by atoms with E-state index in [9.17, 15) is 5.11 Å². The molecule has 1 N–H and O–H groups in total. The Balaban J connectivity index is 1.57. The zero-order valence-electron chi connectivity index (χ0n) is 12.9. The van der Waals surface area contributed by atoms with Gasteiger partial charge in [-0.2, -0.15) is 5.10 Å². The minimum absolute atomic E-state index is 0.218. The largest absolute Gasteiger partial charge is 0.395 e. The number of aliphatic hydroxyl groups is 1. The van der Waals surface area contributed by atoms with E-state index < -0.39 is 0 Å². The highest BCUT2D eigenvalue weighted by Gasteiger charge is 2.24. The summed E-state index contributed by atoms with van der Waals surface area (Å²) in [6.07, 6.45) is 6.58. The van der Waals surface area contributed by atoms with Gasteiger partial charge in [-0.15, -0.1) is 0 Å². The molecule has 2 aliphatic rings. The lowest BCUT2D eigenvalue weighted by atomic mass is 10.0. The average molecular weight is 297 g/mol. The second-order valence-corrected chi connectivity index (χ2v) is 6.53. The van der Waals surface area contributed by atoms with Gasteiger partial charge in [0.05, 0.1) is 12.3 Å². The molecule has 0 radical (unpaired) electrons. The molecule has 0 fully saturated rings. The molecular weight excluding hydrogens is 274 g/mol. The van der Waals surface area contributed by atoms with Crippen LogP contribution in [0.1, 0.15) is 35.2 Å². The third-order valence-corrected chi connectivity index (χ3v) is 5.12. The third kappa shape index (κ3) is 2.57. The number of fused-ring (bicyclic) bond motifs is 2. The monoisotopic (exact) mass is 297 g/mol. The van der Waals surface area contributed by atoms with E-state index in [-0.39, 0.29) is 12.6 Å². The van der Waals surface area contributed by atoms with Gasteiger partial charge in [-0.1, -0.05) is 18.2 Å². The van der Waals surface area contributed by atoms with Crippen molar-refractivity contribution in [3.63, 3.8) is 0 Å². The van der Waals surface area contributed by atoms with Crippen LogP contribution in [0.2, 0.25) is 0 Å². The van der Waals surface area contributed by atoms with Crippen LogP contribution >= 0.6 is 0 Å². The van der Waals surface area contributed by atoms with Gasteiger partial charge in [0.1, 0.15) is 0 Å².